The molecule has 1 rings (SSSR count). The van der Waals surface area contributed by atoms with Crippen molar-refractivity contribution in [3.8, 4) is 0 Å². The van der Waals surface area contributed by atoms with Gasteiger partial charge in [0.15, 0.2) is 0 Å². The Hall–Kier alpha value is -0.470. The van der Waals surface area contributed by atoms with Gasteiger partial charge >= 0.3 is 0 Å². The molecule has 1 unspecified atom stereocenters. The quantitative estimate of drug-likeness (QED) is 0.691. The van der Waals surface area contributed by atoms with Gasteiger partial charge in [0.05, 0.1) is 0 Å². The molecule has 0 bridgehead atoms. The van der Waals surface area contributed by atoms with Gasteiger partial charge < -0.3 is 5.73 Å². The first-order valence-electron chi connectivity index (χ1n) is 6.71. The zero-order valence-corrected chi connectivity index (χ0v) is 11.9. The summed E-state index contributed by atoms with van der Waals surface area (Å²) in [5.74, 6) is 2.12. The number of unbranched alkanes of at least 4 members (excludes halogenated alkanes) is 1. The molecule has 0 aromatic heterocycles. The van der Waals surface area contributed by atoms with Gasteiger partial charge in [0.1, 0.15) is 0 Å². The summed E-state index contributed by atoms with van der Waals surface area (Å²) in [4.78, 5) is 1.37. The molecular formula is C15H25NS. The van der Waals surface area contributed by atoms with Gasteiger partial charge in [-0.3, -0.25) is 0 Å². The molecule has 1 aromatic rings. The van der Waals surface area contributed by atoms with E-state index in [4.69, 9.17) is 5.73 Å². The van der Waals surface area contributed by atoms with E-state index in [1.165, 1.54) is 41.9 Å². The Morgan fingerprint density at radius 2 is 1.88 bits per heavy atom. The Morgan fingerprint density at radius 3 is 2.41 bits per heavy atom. The Kier molecular flexibility index (Phi) is 7.38. The average molecular weight is 251 g/mol. The third-order valence-electron chi connectivity index (χ3n) is 3.19. The molecule has 0 radical (unpaired) electrons. The topological polar surface area (TPSA) is 26.0 Å². The average Bonchev–Trinajstić information content (AvgIpc) is 2.39. The molecule has 0 saturated heterocycles. The Morgan fingerprint density at radius 1 is 1.18 bits per heavy atom. The van der Waals surface area contributed by atoms with Crippen LogP contribution < -0.4 is 5.73 Å². The minimum Gasteiger partial charge on any atom is -0.326 e. The Labute approximate surface area is 110 Å². The number of nitrogens with two attached hydrogens (primary N) is 1. The van der Waals surface area contributed by atoms with E-state index in [-0.39, 0.29) is 0 Å². The molecule has 0 aliphatic heterocycles. The van der Waals surface area contributed by atoms with E-state index in [1.807, 2.05) is 11.8 Å². The highest BCUT2D eigenvalue weighted by Gasteiger charge is 2.06. The number of rotatable bonds is 8. The van der Waals surface area contributed by atoms with E-state index < -0.39 is 0 Å². The second-order valence-electron chi connectivity index (χ2n) is 4.58. The smallest absolute Gasteiger partial charge is 0.0178 e. The molecule has 1 aromatic carbocycles. The molecule has 0 amide bonds. The molecule has 2 N–H and O–H groups in total. The zero-order chi connectivity index (χ0) is 12.5. The lowest BCUT2D eigenvalue weighted by molar-refractivity contribution is 0.499. The van der Waals surface area contributed by atoms with Gasteiger partial charge in [-0.2, -0.15) is 0 Å². The highest BCUT2D eigenvalue weighted by molar-refractivity contribution is 7.99. The fourth-order valence-electron chi connectivity index (χ4n) is 1.83. The van der Waals surface area contributed by atoms with Gasteiger partial charge in [-0.15, -0.1) is 11.8 Å². The van der Waals surface area contributed by atoms with Crippen LogP contribution in [0.1, 0.15) is 45.1 Å². The maximum absolute atomic E-state index is 5.59. The normalized spacial score (nSPS) is 12.6. The predicted octanol–water partition coefficient (Wildman–Crippen LogP) is 4.45. The molecule has 0 heterocycles. The zero-order valence-electron chi connectivity index (χ0n) is 11.1. The van der Waals surface area contributed by atoms with Crippen LogP contribution in [-0.4, -0.2) is 5.75 Å². The van der Waals surface area contributed by atoms with Crippen LogP contribution in [0.25, 0.3) is 0 Å². The van der Waals surface area contributed by atoms with Crippen LogP contribution in [0.4, 0.5) is 0 Å². The number of hydrogen-bond acceptors (Lipinski definition) is 2. The van der Waals surface area contributed by atoms with Crippen LogP contribution in [0.15, 0.2) is 29.2 Å². The SMILES string of the molecule is CCCCC(CC)CSc1ccc(CN)cc1. The number of benzene rings is 1. The van der Waals surface area contributed by atoms with Gasteiger partial charge in [0, 0.05) is 17.2 Å². The summed E-state index contributed by atoms with van der Waals surface area (Å²) in [6.45, 7) is 5.21. The van der Waals surface area contributed by atoms with E-state index in [0.717, 1.165) is 5.92 Å². The molecule has 1 atom stereocenters. The predicted molar refractivity (Wildman–Crippen MR) is 78.4 cm³/mol. The molecule has 17 heavy (non-hydrogen) atoms. The molecule has 0 saturated carbocycles. The van der Waals surface area contributed by atoms with Crippen molar-refractivity contribution in [1.29, 1.82) is 0 Å². The van der Waals surface area contributed by atoms with Gasteiger partial charge in [-0.25, -0.2) is 0 Å². The number of thioether (sulfide) groups is 1. The van der Waals surface area contributed by atoms with Crippen molar-refractivity contribution >= 4 is 11.8 Å². The van der Waals surface area contributed by atoms with E-state index in [1.54, 1.807) is 0 Å². The third-order valence-corrected chi connectivity index (χ3v) is 4.43. The molecule has 0 aliphatic carbocycles. The van der Waals surface area contributed by atoms with Gasteiger partial charge in [-0.05, 0) is 30.0 Å². The minimum atomic E-state index is 0.638. The third kappa shape index (κ3) is 5.60. The lowest BCUT2D eigenvalue weighted by atomic mass is 10.0. The van der Waals surface area contributed by atoms with Crippen LogP contribution >= 0.6 is 11.8 Å². The molecule has 0 spiro atoms. The van der Waals surface area contributed by atoms with Crippen molar-refractivity contribution in [2.75, 3.05) is 5.75 Å². The largest absolute Gasteiger partial charge is 0.326 e. The van der Waals surface area contributed by atoms with Gasteiger partial charge in [-0.1, -0.05) is 45.2 Å². The summed E-state index contributed by atoms with van der Waals surface area (Å²) in [5, 5.41) is 0. The van der Waals surface area contributed by atoms with Crippen LogP contribution in [0.5, 0.6) is 0 Å². The van der Waals surface area contributed by atoms with Crippen molar-refractivity contribution in [1.82, 2.24) is 0 Å². The maximum Gasteiger partial charge on any atom is 0.0178 e. The summed E-state index contributed by atoms with van der Waals surface area (Å²) in [5.41, 5.74) is 6.81. The second-order valence-corrected chi connectivity index (χ2v) is 5.67. The lowest BCUT2D eigenvalue weighted by Crippen LogP contribution is -2.02. The second kappa shape index (κ2) is 8.60. The van der Waals surface area contributed by atoms with E-state index in [0.29, 0.717) is 6.54 Å². The minimum absolute atomic E-state index is 0.638. The van der Waals surface area contributed by atoms with E-state index in [9.17, 15) is 0 Å². The molecule has 2 heteroatoms. The van der Waals surface area contributed by atoms with E-state index in [2.05, 4.69) is 38.1 Å². The van der Waals surface area contributed by atoms with Crippen LogP contribution in [-0.2, 0) is 6.54 Å². The standard InChI is InChI=1S/C15H25NS/c1-3-5-6-13(4-2)12-17-15-9-7-14(11-16)8-10-15/h7-10,13H,3-6,11-12,16H2,1-2H3. The highest BCUT2D eigenvalue weighted by atomic mass is 32.2. The first kappa shape index (κ1) is 14.6. The Bertz CT molecular complexity index is 294. The molecule has 0 aliphatic rings. The van der Waals surface area contributed by atoms with E-state index >= 15 is 0 Å². The molecule has 96 valence electrons. The Balaban J connectivity index is 2.36. The van der Waals surface area contributed by atoms with Crippen molar-refractivity contribution < 1.29 is 0 Å². The van der Waals surface area contributed by atoms with Crippen LogP contribution in [0.3, 0.4) is 0 Å². The van der Waals surface area contributed by atoms with Crippen LogP contribution in [0.2, 0.25) is 0 Å². The number of hydrogen-bond donors (Lipinski definition) is 1. The molecule has 0 fully saturated rings. The summed E-state index contributed by atoms with van der Waals surface area (Å²) < 4.78 is 0. The fraction of sp³-hybridized carbons (Fsp3) is 0.600. The van der Waals surface area contributed by atoms with Crippen LogP contribution in [0, 0.1) is 5.92 Å². The monoisotopic (exact) mass is 251 g/mol. The summed E-state index contributed by atoms with van der Waals surface area (Å²) >= 11 is 1.98. The summed E-state index contributed by atoms with van der Waals surface area (Å²) in [6.07, 6.45) is 5.35. The van der Waals surface area contributed by atoms with Crippen molar-refractivity contribution in [2.45, 2.75) is 51.0 Å². The van der Waals surface area contributed by atoms with Crippen molar-refractivity contribution in [3.05, 3.63) is 29.8 Å². The van der Waals surface area contributed by atoms with Gasteiger partial charge in [0.25, 0.3) is 0 Å². The molecular weight excluding hydrogens is 226 g/mol. The highest BCUT2D eigenvalue weighted by Crippen LogP contribution is 2.25. The van der Waals surface area contributed by atoms with Gasteiger partial charge in [0.2, 0.25) is 0 Å². The van der Waals surface area contributed by atoms with Crippen molar-refractivity contribution in [2.24, 2.45) is 11.7 Å². The van der Waals surface area contributed by atoms with Crippen molar-refractivity contribution in [3.63, 3.8) is 0 Å². The summed E-state index contributed by atoms with van der Waals surface area (Å²) in [6, 6.07) is 8.66. The summed E-state index contributed by atoms with van der Waals surface area (Å²) in [7, 11) is 0. The maximum atomic E-state index is 5.59. The first-order valence-corrected chi connectivity index (χ1v) is 7.70. The molecule has 1 nitrogen and oxygen atoms in total. The fourth-order valence-corrected chi connectivity index (χ4v) is 2.99. The lowest BCUT2D eigenvalue weighted by Gasteiger charge is -2.13. The first-order chi connectivity index (χ1) is 8.30.